The Hall–Kier alpha value is -2.70. The Morgan fingerprint density at radius 1 is 1.03 bits per heavy atom. The van der Waals surface area contributed by atoms with Crippen molar-refractivity contribution in [3.63, 3.8) is 0 Å². The van der Waals surface area contributed by atoms with Crippen LogP contribution in [0.3, 0.4) is 0 Å². The van der Waals surface area contributed by atoms with Crippen molar-refractivity contribution in [2.24, 2.45) is 0 Å². The van der Waals surface area contributed by atoms with Crippen LogP contribution < -0.4 is 0 Å². The van der Waals surface area contributed by atoms with Gasteiger partial charge >= 0.3 is 0 Å². The fourth-order valence-electron chi connectivity index (χ4n) is 4.09. The molecule has 1 amide bonds. The molecule has 2 aromatic heterocycles. The van der Waals surface area contributed by atoms with Crippen LogP contribution in [0.5, 0.6) is 0 Å². The highest BCUT2D eigenvalue weighted by atomic mass is 35.5. The van der Waals surface area contributed by atoms with Crippen molar-refractivity contribution in [3.05, 3.63) is 75.7 Å². The minimum Gasteiger partial charge on any atom is -0.335 e. The second-order valence-electron chi connectivity index (χ2n) is 8.80. The van der Waals surface area contributed by atoms with Gasteiger partial charge in [0.1, 0.15) is 5.69 Å². The largest absolute Gasteiger partial charge is 0.335 e. The first-order valence-electron chi connectivity index (χ1n) is 11.1. The van der Waals surface area contributed by atoms with E-state index in [2.05, 4.69) is 53.1 Å². The molecular formula is C25H30ClN5O. The molecule has 1 saturated heterocycles. The van der Waals surface area contributed by atoms with E-state index in [0.717, 1.165) is 31.0 Å². The molecule has 1 fully saturated rings. The number of piperazine rings is 1. The van der Waals surface area contributed by atoms with Gasteiger partial charge in [0.05, 0.1) is 10.7 Å². The van der Waals surface area contributed by atoms with Gasteiger partial charge in [0.15, 0.2) is 5.82 Å². The fourth-order valence-corrected chi connectivity index (χ4v) is 4.27. The minimum absolute atomic E-state index is 0.126. The maximum absolute atomic E-state index is 13.2. The number of benzene rings is 1. The van der Waals surface area contributed by atoms with Gasteiger partial charge in [-0.25, -0.2) is 9.67 Å². The second-order valence-corrected chi connectivity index (χ2v) is 9.21. The number of halogens is 1. The second kappa shape index (κ2) is 9.43. The average Bonchev–Trinajstić information content (AvgIpc) is 3.12. The van der Waals surface area contributed by atoms with Gasteiger partial charge in [0, 0.05) is 38.4 Å². The molecule has 0 aliphatic carbocycles. The van der Waals surface area contributed by atoms with Gasteiger partial charge in [0.25, 0.3) is 5.91 Å². The predicted molar refractivity (Wildman–Crippen MR) is 128 cm³/mol. The normalized spacial score (nSPS) is 14.9. The van der Waals surface area contributed by atoms with E-state index in [1.165, 1.54) is 11.1 Å². The third-order valence-electron chi connectivity index (χ3n) is 5.97. The summed E-state index contributed by atoms with van der Waals surface area (Å²) in [7, 11) is 0. The molecule has 32 heavy (non-hydrogen) atoms. The number of pyridine rings is 1. The van der Waals surface area contributed by atoms with E-state index in [9.17, 15) is 4.79 Å². The summed E-state index contributed by atoms with van der Waals surface area (Å²) in [6.45, 7) is 12.2. The summed E-state index contributed by atoms with van der Waals surface area (Å²) in [6.07, 6.45) is 0. The molecule has 7 heteroatoms. The number of carbonyl (C=O) groups excluding carboxylic acids is 1. The maximum Gasteiger partial charge on any atom is 0.274 e. The summed E-state index contributed by atoms with van der Waals surface area (Å²) in [6, 6.07) is 14.3. The fraction of sp³-hybridized carbons (Fsp3) is 0.400. The van der Waals surface area contributed by atoms with E-state index in [1.807, 2.05) is 24.8 Å². The molecule has 0 unspecified atom stereocenters. The Bertz CT molecular complexity index is 1100. The summed E-state index contributed by atoms with van der Waals surface area (Å²) < 4.78 is 1.74. The highest BCUT2D eigenvalue weighted by Crippen LogP contribution is 2.21. The van der Waals surface area contributed by atoms with Crippen molar-refractivity contribution in [3.8, 4) is 5.82 Å². The Morgan fingerprint density at radius 3 is 2.31 bits per heavy atom. The minimum atomic E-state index is -0.126. The van der Waals surface area contributed by atoms with Crippen LogP contribution >= 0.6 is 11.6 Å². The zero-order chi connectivity index (χ0) is 22.8. The monoisotopic (exact) mass is 451 g/mol. The van der Waals surface area contributed by atoms with E-state index < -0.39 is 0 Å². The molecule has 0 N–H and O–H groups in total. The number of rotatable bonds is 5. The molecule has 0 spiro atoms. The molecule has 1 aliphatic rings. The molecular weight excluding hydrogens is 422 g/mol. The zero-order valence-electron chi connectivity index (χ0n) is 19.2. The summed E-state index contributed by atoms with van der Waals surface area (Å²) in [5.74, 6) is 1.02. The third kappa shape index (κ3) is 4.87. The molecule has 3 heterocycles. The number of hydrogen-bond donors (Lipinski definition) is 0. The quantitative estimate of drug-likeness (QED) is 0.568. The number of aryl methyl sites for hydroxylation is 2. The van der Waals surface area contributed by atoms with Gasteiger partial charge in [-0.1, -0.05) is 49.7 Å². The lowest BCUT2D eigenvalue weighted by molar-refractivity contribution is 0.0623. The summed E-state index contributed by atoms with van der Waals surface area (Å²) in [5.41, 5.74) is 4.81. The van der Waals surface area contributed by atoms with Gasteiger partial charge in [0.2, 0.25) is 0 Å². The molecule has 1 aliphatic heterocycles. The van der Waals surface area contributed by atoms with E-state index >= 15 is 0 Å². The molecule has 0 atom stereocenters. The molecule has 1 aromatic carbocycles. The van der Waals surface area contributed by atoms with Crippen molar-refractivity contribution >= 4 is 17.5 Å². The van der Waals surface area contributed by atoms with Gasteiger partial charge in [-0.05, 0) is 49.1 Å². The molecule has 0 bridgehead atoms. The highest BCUT2D eigenvalue weighted by molar-refractivity contribution is 6.33. The van der Waals surface area contributed by atoms with Crippen molar-refractivity contribution in [1.29, 1.82) is 0 Å². The standard InChI is InChI=1S/C25H30ClN5O/c1-17(2)21-7-5-20(6-8-21)16-29-11-13-30(14-12-29)25(32)24-22(26)9-10-23(27-24)31-19(4)15-18(3)28-31/h5-10,15,17H,11-14,16H2,1-4H3. The molecule has 0 saturated carbocycles. The number of nitrogens with zero attached hydrogens (tertiary/aromatic N) is 5. The van der Waals surface area contributed by atoms with E-state index in [4.69, 9.17) is 11.6 Å². The van der Waals surface area contributed by atoms with E-state index in [-0.39, 0.29) is 11.6 Å². The Labute approximate surface area is 194 Å². The molecule has 168 valence electrons. The van der Waals surface area contributed by atoms with Gasteiger partial charge in [-0.3, -0.25) is 9.69 Å². The van der Waals surface area contributed by atoms with Crippen LogP contribution in [0.1, 0.15) is 52.8 Å². The van der Waals surface area contributed by atoms with Crippen LogP contribution in [0.4, 0.5) is 0 Å². The van der Waals surface area contributed by atoms with Crippen LogP contribution in [0.2, 0.25) is 5.02 Å². The number of aromatic nitrogens is 3. The summed E-state index contributed by atoms with van der Waals surface area (Å²) in [5, 5.41) is 4.84. The van der Waals surface area contributed by atoms with E-state index in [0.29, 0.717) is 29.8 Å². The van der Waals surface area contributed by atoms with Crippen molar-refractivity contribution in [2.75, 3.05) is 26.2 Å². The third-order valence-corrected chi connectivity index (χ3v) is 6.28. The lowest BCUT2D eigenvalue weighted by Gasteiger charge is -2.34. The van der Waals surface area contributed by atoms with Gasteiger partial charge < -0.3 is 4.90 Å². The van der Waals surface area contributed by atoms with Gasteiger partial charge in [-0.15, -0.1) is 0 Å². The van der Waals surface area contributed by atoms with E-state index in [1.54, 1.807) is 16.8 Å². The number of amides is 1. The first kappa shape index (κ1) is 22.5. The predicted octanol–water partition coefficient (Wildman–Crippen LogP) is 4.62. The average molecular weight is 452 g/mol. The maximum atomic E-state index is 13.2. The van der Waals surface area contributed by atoms with Crippen molar-refractivity contribution < 1.29 is 4.79 Å². The highest BCUT2D eigenvalue weighted by Gasteiger charge is 2.25. The first-order chi connectivity index (χ1) is 15.3. The van der Waals surface area contributed by atoms with Crippen LogP contribution in [-0.2, 0) is 6.54 Å². The Kier molecular flexibility index (Phi) is 6.63. The summed E-state index contributed by atoms with van der Waals surface area (Å²) in [4.78, 5) is 22.0. The van der Waals surface area contributed by atoms with Crippen LogP contribution in [-0.4, -0.2) is 56.7 Å². The Morgan fingerprint density at radius 2 is 1.72 bits per heavy atom. The Balaban J connectivity index is 1.41. The van der Waals surface area contributed by atoms with Crippen LogP contribution in [0.15, 0.2) is 42.5 Å². The molecule has 0 radical (unpaired) electrons. The van der Waals surface area contributed by atoms with Crippen LogP contribution in [0, 0.1) is 13.8 Å². The number of carbonyl (C=O) groups is 1. The lowest BCUT2D eigenvalue weighted by Crippen LogP contribution is -2.48. The van der Waals surface area contributed by atoms with Crippen molar-refractivity contribution in [1.82, 2.24) is 24.6 Å². The molecule has 6 nitrogen and oxygen atoms in total. The van der Waals surface area contributed by atoms with Crippen molar-refractivity contribution in [2.45, 2.75) is 40.2 Å². The summed E-state index contributed by atoms with van der Waals surface area (Å²) >= 11 is 6.36. The topological polar surface area (TPSA) is 54.3 Å². The molecule has 4 rings (SSSR count). The first-order valence-corrected chi connectivity index (χ1v) is 11.5. The lowest BCUT2D eigenvalue weighted by atomic mass is 10.0. The SMILES string of the molecule is Cc1cc(C)n(-c2ccc(Cl)c(C(=O)N3CCN(Cc4ccc(C(C)C)cc4)CC3)n2)n1. The molecule has 3 aromatic rings. The van der Waals surface area contributed by atoms with Crippen LogP contribution in [0.25, 0.3) is 5.82 Å². The zero-order valence-corrected chi connectivity index (χ0v) is 19.9. The number of hydrogen-bond acceptors (Lipinski definition) is 4. The smallest absolute Gasteiger partial charge is 0.274 e. The van der Waals surface area contributed by atoms with Gasteiger partial charge in [-0.2, -0.15) is 5.10 Å².